The third-order valence-corrected chi connectivity index (χ3v) is 7.26. The first-order valence-electron chi connectivity index (χ1n) is 10.8. The maximum Gasteiger partial charge on any atom is 0.303 e. The summed E-state index contributed by atoms with van der Waals surface area (Å²) in [6.45, 7) is 4.28. The SMILES string of the molecule is CCn1c(NCc2ccccc2Cl)c(/C=C2/SC(=S)N(CCCC(=O)O)C2=O)c(C)c(C#N)c1=O. The van der Waals surface area contributed by atoms with Gasteiger partial charge in [0, 0.05) is 36.6 Å². The predicted molar refractivity (Wildman–Crippen MR) is 141 cm³/mol. The zero-order valence-corrected chi connectivity index (χ0v) is 21.5. The van der Waals surface area contributed by atoms with Crippen LogP contribution in [0, 0.1) is 18.3 Å². The van der Waals surface area contributed by atoms with E-state index in [-0.39, 0.29) is 30.9 Å². The Bertz CT molecular complexity index is 1330. The Morgan fingerprint density at radius 2 is 2.06 bits per heavy atom. The Morgan fingerprint density at radius 1 is 1.34 bits per heavy atom. The van der Waals surface area contributed by atoms with Gasteiger partial charge in [0.1, 0.15) is 21.8 Å². The number of hydrogen-bond acceptors (Lipinski definition) is 7. The number of pyridine rings is 1. The van der Waals surface area contributed by atoms with Gasteiger partial charge in [0.2, 0.25) is 0 Å². The first-order chi connectivity index (χ1) is 16.7. The van der Waals surface area contributed by atoms with Crippen LogP contribution in [-0.4, -0.2) is 37.3 Å². The van der Waals surface area contributed by atoms with E-state index in [0.29, 0.717) is 44.3 Å². The number of hydrogen-bond donors (Lipinski definition) is 2. The molecule has 2 heterocycles. The first-order valence-corrected chi connectivity index (χ1v) is 12.4. The average Bonchev–Trinajstić information content (AvgIpc) is 3.08. The molecule has 1 aromatic carbocycles. The summed E-state index contributed by atoms with van der Waals surface area (Å²) in [7, 11) is 0. The van der Waals surface area contributed by atoms with E-state index in [4.69, 9.17) is 28.9 Å². The minimum atomic E-state index is -0.943. The predicted octanol–water partition coefficient (Wildman–Crippen LogP) is 4.38. The number of carboxylic acid groups (broad SMARTS) is 1. The summed E-state index contributed by atoms with van der Waals surface area (Å²) >= 11 is 12.7. The molecule has 0 atom stereocenters. The molecule has 3 rings (SSSR count). The van der Waals surface area contributed by atoms with Crippen molar-refractivity contribution in [2.24, 2.45) is 0 Å². The highest BCUT2D eigenvalue weighted by molar-refractivity contribution is 8.26. The molecule has 1 amide bonds. The molecular formula is C24H23ClN4O4S2. The van der Waals surface area contributed by atoms with Gasteiger partial charge in [-0.2, -0.15) is 5.26 Å². The fourth-order valence-corrected chi connectivity index (χ4v) is 5.18. The summed E-state index contributed by atoms with van der Waals surface area (Å²) in [5, 5.41) is 22.4. The van der Waals surface area contributed by atoms with E-state index < -0.39 is 11.5 Å². The zero-order chi connectivity index (χ0) is 25.7. The van der Waals surface area contributed by atoms with Gasteiger partial charge >= 0.3 is 5.97 Å². The van der Waals surface area contributed by atoms with Crippen LogP contribution in [0.25, 0.3) is 6.08 Å². The number of amides is 1. The molecule has 35 heavy (non-hydrogen) atoms. The van der Waals surface area contributed by atoms with E-state index in [0.717, 1.165) is 17.3 Å². The van der Waals surface area contributed by atoms with Crippen LogP contribution in [0.5, 0.6) is 0 Å². The second-order valence-corrected chi connectivity index (χ2v) is 9.78. The summed E-state index contributed by atoms with van der Waals surface area (Å²) in [5.74, 6) is -0.818. The third kappa shape index (κ3) is 5.75. The van der Waals surface area contributed by atoms with Gasteiger partial charge in [-0.15, -0.1) is 0 Å². The molecule has 0 saturated carbocycles. The number of aliphatic carboxylic acids is 1. The van der Waals surface area contributed by atoms with Gasteiger partial charge in [-0.3, -0.25) is 23.9 Å². The summed E-state index contributed by atoms with van der Waals surface area (Å²) in [4.78, 5) is 38.6. The number of carbonyl (C=O) groups is 2. The van der Waals surface area contributed by atoms with Crippen molar-refractivity contribution in [3.8, 4) is 6.07 Å². The molecule has 2 aromatic rings. The Labute approximate surface area is 217 Å². The highest BCUT2D eigenvalue weighted by Gasteiger charge is 2.32. The minimum absolute atomic E-state index is 0.00155. The summed E-state index contributed by atoms with van der Waals surface area (Å²) in [5.41, 5.74) is 1.37. The standard InChI is InChI=1S/C24H23ClN4O4S2/c1-3-28-21(27-13-15-7-4-5-8-18(15)25)16(14(2)17(12-26)22(28)32)11-19-23(33)29(24(34)35-19)10-6-9-20(30)31/h4-5,7-8,11,27H,3,6,9-10,13H2,1-2H3,(H,30,31)/b19-11+. The molecule has 1 aliphatic heterocycles. The highest BCUT2D eigenvalue weighted by atomic mass is 35.5. The number of thiocarbonyl (C=S) groups is 1. The van der Waals surface area contributed by atoms with Gasteiger partial charge in [0.05, 0.1) is 4.91 Å². The second-order valence-electron chi connectivity index (χ2n) is 7.70. The van der Waals surface area contributed by atoms with Crippen LogP contribution in [0.1, 0.15) is 42.0 Å². The number of nitrogens with one attached hydrogen (secondary N) is 1. The molecule has 0 aliphatic carbocycles. The number of nitriles is 1. The molecule has 1 fully saturated rings. The molecule has 0 unspecified atom stereocenters. The summed E-state index contributed by atoms with van der Waals surface area (Å²) in [6.07, 6.45) is 1.84. The number of rotatable bonds is 9. The zero-order valence-electron chi connectivity index (χ0n) is 19.1. The van der Waals surface area contributed by atoms with Crippen LogP contribution in [0.4, 0.5) is 5.82 Å². The highest BCUT2D eigenvalue weighted by Crippen LogP contribution is 2.35. The number of carbonyl (C=O) groups excluding carboxylic acids is 1. The van der Waals surface area contributed by atoms with Crippen LogP contribution >= 0.6 is 35.6 Å². The Hall–Kier alpha value is -3.13. The lowest BCUT2D eigenvalue weighted by atomic mass is 10.0. The fourth-order valence-electron chi connectivity index (χ4n) is 3.69. The third-order valence-electron chi connectivity index (χ3n) is 5.52. The van der Waals surface area contributed by atoms with Crippen molar-refractivity contribution in [3.63, 3.8) is 0 Å². The van der Waals surface area contributed by atoms with Gasteiger partial charge in [0.25, 0.3) is 11.5 Å². The van der Waals surface area contributed by atoms with Crippen molar-refractivity contribution >= 4 is 63.7 Å². The number of benzene rings is 1. The number of nitrogens with zero attached hydrogens (tertiary/aromatic N) is 3. The number of aromatic nitrogens is 1. The largest absolute Gasteiger partial charge is 0.481 e. The van der Waals surface area contributed by atoms with Crippen molar-refractivity contribution in [3.05, 3.63) is 66.8 Å². The van der Waals surface area contributed by atoms with Gasteiger partial charge < -0.3 is 10.4 Å². The van der Waals surface area contributed by atoms with E-state index >= 15 is 0 Å². The lowest BCUT2D eigenvalue weighted by Gasteiger charge is -2.19. The summed E-state index contributed by atoms with van der Waals surface area (Å²) in [6, 6.07) is 9.30. The van der Waals surface area contributed by atoms with E-state index in [9.17, 15) is 19.6 Å². The molecule has 0 radical (unpaired) electrons. The van der Waals surface area contributed by atoms with E-state index in [2.05, 4.69) is 5.32 Å². The molecular weight excluding hydrogens is 508 g/mol. The van der Waals surface area contributed by atoms with Crippen LogP contribution in [-0.2, 0) is 22.7 Å². The van der Waals surface area contributed by atoms with E-state index in [1.807, 2.05) is 24.3 Å². The van der Waals surface area contributed by atoms with Crippen molar-refractivity contribution in [1.82, 2.24) is 9.47 Å². The Kier molecular flexibility index (Phi) is 8.72. The molecule has 1 aromatic heterocycles. The lowest BCUT2D eigenvalue weighted by molar-refractivity contribution is -0.137. The molecule has 0 spiro atoms. The number of anilines is 1. The van der Waals surface area contributed by atoms with Crippen molar-refractivity contribution in [2.45, 2.75) is 39.8 Å². The maximum absolute atomic E-state index is 13.0. The fraction of sp³-hybridized carbons (Fsp3) is 0.292. The van der Waals surface area contributed by atoms with E-state index in [1.54, 1.807) is 26.0 Å². The van der Waals surface area contributed by atoms with Crippen LogP contribution in [0.3, 0.4) is 0 Å². The van der Waals surface area contributed by atoms with Crippen LogP contribution < -0.4 is 10.9 Å². The van der Waals surface area contributed by atoms with Gasteiger partial charge in [-0.05, 0) is 43.5 Å². The average molecular weight is 531 g/mol. The molecule has 8 nitrogen and oxygen atoms in total. The van der Waals surface area contributed by atoms with Gasteiger partial charge in [-0.1, -0.05) is 53.8 Å². The molecule has 2 N–H and O–H groups in total. The Balaban J connectivity index is 2.05. The number of carboxylic acids is 1. The lowest BCUT2D eigenvalue weighted by Crippen LogP contribution is -2.29. The quantitative estimate of drug-likeness (QED) is 0.362. The molecule has 1 saturated heterocycles. The second kappa shape index (κ2) is 11.5. The Morgan fingerprint density at radius 3 is 2.69 bits per heavy atom. The van der Waals surface area contributed by atoms with Crippen molar-refractivity contribution in [2.75, 3.05) is 11.9 Å². The van der Waals surface area contributed by atoms with Crippen LogP contribution in [0.15, 0.2) is 34.0 Å². The molecule has 182 valence electrons. The molecule has 11 heteroatoms. The van der Waals surface area contributed by atoms with Crippen molar-refractivity contribution < 1.29 is 14.7 Å². The molecule has 0 bridgehead atoms. The van der Waals surface area contributed by atoms with Gasteiger partial charge in [0.15, 0.2) is 0 Å². The van der Waals surface area contributed by atoms with Crippen molar-refractivity contribution in [1.29, 1.82) is 5.26 Å². The summed E-state index contributed by atoms with van der Waals surface area (Å²) < 4.78 is 1.79. The van der Waals surface area contributed by atoms with E-state index in [1.165, 1.54) is 9.47 Å². The smallest absolute Gasteiger partial charge is 0.303 e. The van der Waals surface area contributed by atoms with Crippen LogP contribution in [0.2, 0.25) is 5.02 Å². The topological polar surface area (TPSA) is 115 Å². The number of thioether (sulfide) groups is 1. The number of halogens is 1. The van der Waals surface area contributed by atoms with Gasteiger partial charge in [-0.25, -0.2) is 0 Å². The monoisotopic (exact) mass is 530 g/mol. The minimum Gasteiger partial charge on any atom is -0.481 e. The first kappa shape index (κ1) is 26.5. The molecule has 1 aliphatic rings. The normalized spacial score (nSPS) is 14.5. The maximum atomic E-state index is 13.0.